The molecule has 3 rings (SSSR count). The van der Waals surface area contributed by atoms with Crippen molar-refractivity contribution in [3.8, 4) is 5.75 Å². The molecule has 8 nitrogen and oxygen atoms in total. The van der Waals surface area contributed by atoms with Crippen LogP contribution in [0.5, 0.6) is 5.75 Å². The number of carbonyl (C=O) groups is 2. The predicted octanol–water partition coefficient (Wildman–Crippen LogP) is 3.30. The van der Waals surface area contributed by atoms with E-state index in [1.165, 1.54) is 12.1 Å². The molecule has 9 heteroatoms. The lowest BCUT2D eigenvalue weighted by atomic mass is 9.86. The molecule has 0 radical (unpaired) electrons. The minimum absolute atomic E-state index is 0.0548. The van der Waals surface area contributed by atoms with Gasteiger partial charge in [-0.1, -0.05) is 39.0 Å². The van der Waals surface area contributed by atoms with Crippen molar-refractivity contribution in [2.45, 2.75) is 52.2 Å². The number of carbonyl (C=O) groups excluding carboxylic acids is 2. The second kappa shape index (κ2) is 9.24. The molecule has 0 atom stereocenters. The van der Waals surface area contributed by atoms with Gasteiger partial charge >= 0.3 is 0 Å². The van der Waals surface area contributed by atoms with Crippen molar-refractivity contribution in [1.82, 2.24) is 19.8 Å². The fourth-order valence-corrected chi connectivity index (χ4v) is 4.12. The predicted molar refractivity (Wildman–Crippen MR) is 125 cm³/mol. The molecule has 1 aliphatic rings. The van der Waals surface area contributed by atoms with Gasteiger partial charge in [-0.05, 0) is 30.0 Å². The van der Waals surface area contributed by atoms with Gasteiger partial charge in [-0.15, -0.1) is 0 Å². The Morgan fingerprint density at radius 1 is 1.34 bits per heavy atom. The molecule has 172 valence electrons. The Morgan fingerprint density at radius 3 is 2.62 bits per heavy atom. The number of imidazole rings is 1. The van der Waals surface area contributed by atoms with Gasteiger partial charge < -0.3 is 25.2 Å². The van der Waals surface area contributed by atoms with Gasteiger partial charge in [0.15, 0.2) is 0 Å². The van der Waals surface area contributed by atoms with E-state index in [2.05, 4.69) is 43.0 Å². The molecule has 1 aromatic carbocycles. The third kappa shape index (κ3) is 4.91. The number of aromatic nitrogens is 2. The number of likely N-dealkylation sites (tertiary alicyclic amines) is 1. The SMILES string of the molecule is C=CC(=O)N1CC(NC(=O)c2cnc(CNc3cc(C(C)(C)C)c(Cl)cc3O)n2CC)C1. The van der Waals surface area contributed by atoms with Gasteiger partial charge in [0.2, 0.25) is 5.91 Å². The summed E-state index contributed by atoms with van der Waals surface area (Å²) in [5.41, 5.74) is 1.75. The Bertz CT molecular complexity index is 1030. The number of benzene rings is 1. The molecular weight excluding hydrogens is 430 g/mol. The Labute approximate surface area is 193 Å². The van der Waals surface area contributed by atoms with Crippen LogP contribution in [-0.2, 0) is 23.3 Å². The number of hydrogen-bond acceptors (Lipinski definition) is 5. The van der Waals surface area contributed by atoms with Crippen LogP contribution in [0.1, 0.15) is 49.6 Å². The first-order valence-corrected chi connectivity index (χ1v) is 11.0. The Kier molecular flexibility index (Phi) is 6.83. The summed E-state index contributed by atoms with van der Waals surface area (Å²) in [6.07, 6.45) is 2.82. The number of phenolic OH excluding ortho intramolecular Hbond substituents is 1. The summed E-state index contributed by atoms with van der Waals surface area (Å²) >= 11 is 6.31. The molecule has 0 unspecified atom stereocenters. The highest BCUT2D eigenvalue weighted by molar-refractivity contribution is 6.31. The van der Waals surface area contributed by atoms with Crippen molar-refractivity contribution < 1.29 is 14.7 Å². The van der Waals surface area contributed by atoms with Gasteiger partial charge in [-0.25, -0.2) is 4.98 Å². The second-order valence-electron chi connectivity index (χ2n) is 8.87. The van der Waals surface area contributed by atoms with Crippen LogP contribution in [-0.4, -0.2) is 50.5 Å². The quantitative estimate of drug-likeness (QED) is 0.436. The van der Waals surface area contributed by atoms with Crippen molar-refractivity contribution in [2.24, 2.45) is 0 Å². The van der Waals surface area contributed by atoms with E-state index >= 15 is 0 Å². The molecule has 0 spiro atoms. The number of aromatic hydroxyl groups is 1. The number of halogens is 1. The number of rotatable bonds is 7. The molecule has 1 aromatic heterocycles. The molecule has 1 fully saturated rings. The Hall–Kier alpha value is -3.00. The summed E-state index contributed by atoms with van der Waals surface area (Å²) in [4.78, 5) is 30.3. The van der Waals surface area contributed by atoms with E-state index in [1.807, 2.05) is 17.6 Å². The van der Waals surface area contributed by atoms with Crippen LogP contribution in [0.4, 0.5) is 5.69 Å². The zero-order chi connectivity index (χ0) is 23.6. The summed E-state index contributed by atoms with van der Waals surface area (Å²) in [7, 11) is 0. The van der Waals surface area contributed by atoms with Crippen molar-refractivity contribution in [3.63, 3.8) is 0 Å². The lowest BCUT2D eigenvalue weighted by Gasteiger charge is -2.38. The topological polar surface area (TPSA) is 99.5 Å². The number of nitrogens with zero attached hydrogens (tertiary/aromatic N) is 3. The van der Waals surface area contributed by atoms with Crippen LogP contribution in [0, 0.1) is 0 Å². The molecule has 1 saturated heterocycles. The van der Waals surface area contributed by atoms with Gasteiger partial charge in [0, 0.05) is 30.7 Å². The molecular formula is C23H30ClN5O3. The zero-order valence-electron chi connectivity index (χ0n) is 18.9. The number of phenols is 1. The third-order valence-corrected chi connectivity index (χ3v) is 5.83. The Balaban J connectivity index is 1.69. The molecule has 0 bridgehead atoms. The molecule has 2 heterocycles. The maximum absolute atomic E-state index is 12.7. The molecule has 2 amide bonds. The lowest BCUT2D eigenvalue weighted by Crippen LogP contribution is -2.60. The first kappa shape index (κ1) is 23.7. The zero-order valence-corrected chi connectivity index (χ0v) is 19.7. The molecule has 0 saturated carbocycles. The van der Waals surface area contributed by atoms with Gasteiger partial charge in [-0.3, -0.25) is 9.59 Å². The molecule has 2 aromatic rings. The van der Waals surface area contributed by atoms with Crippen molar-refractivity contribution in [3.05, 3.63) is 53.1 Å². The van der Waals surface area contributed by atoms with Crippen LogP contribution in [0.15, 0.2) is 31.0 Å². The standard InChI is InChI=1S/C23H30ClN5O3/c1-6-21(31)28-12-14(13-28)27-22(32)18-10-26-20(29(18)7-2)11-25-17-8-15(23(3,4)5)16(24)9-19(17)30/h6,8-10,14,25,30H,1,7,11-13H2,2-5H3,(H,27,32). The molecule has 32 heavy (non-hydrogen) atoms. The Morgan fingerprint density at radius 2 is 2.03 bits per heavy atom. The molecule has 0 aliphatic carbocycles. The number of hydrogen-bond donors (Lipinski definition) is 3. The van der Waals surface area contributed by atoms with E-state index in [-0.39, 0.29) is 29.0 Å². The smallest absolute Gasteiger partial charge is 0.269 e. The summed E-state index contributed by atoms with van der Waals surface area (Å²) in [6, 6.07) is 3.29. The largest absolute Gasteiger partial charge is 0.506 e. The van der Waals surface area contributed by atoms with E-state index in [4.69, 9.17) is 11.6 Å². The van der Waals surface area contributed by atoms with Crippen LogP contribution in [0.2, 0.25) is 5.02 Å². The normalized spacial score (nSPS) is 14.1. The summed E-state index contributed by atoms with van der Waals surface area (Å²) in [5, 5.41) is 17.0. The second-order valence-corrected chi connectivity index (χ2v) is 9.28. The summed E-state index contributed by atoms with van der Waals surface area (Å²) < 4.78 is 1.82. The van der Waals surface area contributed by atoms with Crippen LogP contribution < -0.4 is 10.6 Å². The van der Waals surface area contributed by atoms with E-state index in [0.717, 1.165) is 5.56 Å². The van der Waals surface area contributed by atoms with E-state index < -0.39 is 0 Å². The van der Waals surface area contributed by atoms with E-state index in [9.17, 15) is 14.7 Å². The highest BCUT2D eigenvalue weighted by Crippen LogP contribution is 2.37. The first-order valence-electron chi connectivity index (χ1n) is 10.6. The lowest BCUT2D eigenvalue weighted by molar-refractivity contribution is -0.130. The number of amides is 2. The highest BCUT2D eigenvalue weighted by Gasteiger charge is 2.31. The molecule has 3 N–H and O–H groups in total. The minimum atomic E-state index is -0.231. The van der Waals surface area contributed by atoms with Crippen molar-refractivity contribution >= 4 is 29.1 Å². The minimum Gasteiger partial charge on any atom is -0.506 e. The fraction of sp³-hybridized carbons (Fsp3) is 0.435. The van der Waals surface area contributed by atoms with Gasteiger partial charge in [0.1, 0.15) is 17.3 Å². The van der Waals surface area contributed by atoms with Gasteiger partial charge in [-0.2, -0.15) is 0 Å². The third-order valence-electron chi connectivity index (χ3n) is 5.52. The first-order chi connectivity index (χ1) is 15.0. The average Bonchev–Trinajstić information content (AvgIpc) is 3.11. The summed E-state index contributed by atoms with van der Waals surface area (Å²) in [6.45, 7) is 13.4. The molecule has 1 aliphatic heterocycles. The van der Waals surface area contributed by atoms with Crippen molar-refractivity contribution in [1.29, 1.82) is 0 Å². The monoisotopic (exact) mass is 459 g/mol. The highest BCUT2D eigenvalue weighted by atomic mass is 35.5. The van der Waals surface area contributed by atoms with Crippen LogP contribution >= 0.6 is 11.6 Å². The van der Waals surface area contributed by atoms with Gasteiger partial charge in [0.25, 0.3) is 5.91 Å². The average molecular weight is 460 g/mol. The van der Waals surface area contributed by atoms with E-state index in [0.29, 0.717) is 48.4 Å². The van der Waals surface area contributed by atoms with Crippen LogP contribution in [0.25, 0.3) is 0 Å². The van der Waals surface area contributed by atoms with Gasteiger partial charge in [0.05, 0.1) is 24.5 Å². The number of nitrogens with one attached hydrogen (secondary N) is 2. The maximum Gasteiger partial charge on any atom is 0.269 e. The van der Waals surface area contributed by atoms with Crippen molar-refractivity contribution in [2.75, 3.05) is 18.4 Å². The maximum atomic E-state index is 12.7. The fourth-order valence-electron chi connectivity index (χ4n) is 3.68. The van der Waals surface area contributed by atoms with E-state index in [1.54, 1.807) is 11.1 Å². The van der Waals surface area contributed by atoms with Crippen LogP contribution in [0.3, 0.4) is 0 Å². The number of anilines is 1. The summed E-state index contributed by atoms with van der Waals surface area (Å²) in [5.74, 6) is 0.355.